The van der Waals surface area contributed by atoms with Crippen molar-refractivity contribution in [1.29, 1.82) is 0 Å². The van der Waals surface area contributed by atoms with Crippen LogP contribution in [0.5, 0.6) is 0 Å². The van der Waals surface area contributed by atoms with Crippen LogP contribution in [0.15, 0.2) is 41.8 Å². The Hall–Kier alpha value is -2.88. The molecule has 1 aromatic heterocycles. The number of ether oxygens (including phenoxy) is 1. The van der Waals surface area contributed by atoms with Crippen molar-refractivity contribution in [3.8, 4) is 0 Å². The highest BCUT2D eigenvalue weighted by Gasteiger charge is 2.49. The number of halogens is 3. The van der Waals surface area contributed by atoms with Gasteiger partial charge in [-0.1, -0.05) is 18.2 Å². The zero-order valence-corrected chi connectivity index (χ0v) is 15.2. The summed E-state index contributed by atoms with van der Waals surface area (Å²) in [6.07, 6.45) is -5.87. The summed E-state index contributed by atoms with van der Waals surface area (Å²) in [5, 5.41) is 4.13. The second kappa shape index (κ2) is 8.01. The number of carbonyl (C=O) groups is 3. The van der Waals surface area contributed by atoms with Crippen LogP contribution in [0.1, 0.15) is 11.3 Å². The Bertz CT molecular complexity index is 883. The molecular weight excluding hydrogens is 397 g/mol. The number of carbonyl (C=O) groups excluding carboxylic acids is 3. The number of alkyl halides is 3. The highest BCUT2D eigenvalue weighted by molar-refractivity contribution is 7.10. The number of benzene rings is 1. The number of anilines is 2. The first-order valence-corrected chi connectivity index (χ1v) is 9.09. The molecule has 1 unspecified atom stereocenters. The lowest BCUT2D eigenvalue weighted by Gasteiger charge is -2.31. The summed E-state index contributed by atoms with van der Waals surface area (Å²) in [6.45, 7) is -0.862. The summed E-state index contributed by atoms with van der Waals surface area (Å²) in [7, 11) is 0. The van der Waals surface area contributed by atoms with Crippen molar-refractivity contribution in [3.05, 3.63) is 46.7 Å². The average molecular weight is 412 g/mol. The Kier molecular flexibility index (Phi) is 5.68. The van der Waals surface area contributed by atoms with E-state index in [1.54, 1.807) is 17.5 Å². The lowest BCUT2D eigenvalue weighted by molar-refractivity contribution is -0.160. The van der Waals surface area contributed by atoms with Crippen molar-refractivity contribution in [2.45, 2.75) is 25.1 Å². The van der Waals surface area contributed by atoms with Gasteiger partial charge in [-0.2, -0.15) is 13.2 Å². The Morgan fingerprint density at radius 2 is 1.96 bits per heavy atom. The second-order valence-electron chi connectivity index (χ2n) is 6.01. The monoisotopic (exact) mass is 412 g/mol. The van der Waals surface area contributed by atoms with Gasteiger partial charge in [-0.3, -0.25) is 19.3 Å². The van der Waals surface area contributed by atoms with Crippen LogP contribution in [0, 0.1) is 0 Å². The van der Waals surface area contributed by atoms with Gasteiger partial charge < -0.3 is 10.1 Å². The van der Waals surface area contributed by atoms with Crippen molar-refractivity contribution in [3.63, 3.8) is 0 Å². The molecule has 1 aliphatic rings. The quantitative estimate of drug-likeness (QED) is 0.783. The Morgan fingerprint density at radius 1 is 1.21 bits per heavy atom. The van der Waals surface area contributed by atoms with Gasteiger partial charge in [0.1, 0.15) is 6.04 Å². The van der Waals surface area contributed by atoms with E-state index in [-0.39, 0.29) is 17.8 Å². The number of thiophene rings is 1. The molecule has 2 aromatic rings. The molecule has 1 N–H and O–H groups in total. The van der Waals surface area contributed by atoms with Crippen LogP contribution in [0.3, 0.4) is 0 Å². The lowest BCUT2D eigenvalue weighted by atomic mass is 10.1. The topological polar surface area (TPSA) is 75.7 Å². The van der Waals surface area contributed by atoms with E-state index in [1.807, 2.05) is 0 Å². The molecule has 0 radical (unpaired) electrons. The number of hydrogen-bond donors (Lipinski definition) is 1. The van der Waals surface area contributed by atoms with Crippen LogP contribution in [-0.2, 0) is 25.5 Å². The first kappa shape index (κ1) is 19.9. The number of amides is 2. The molecule has 3 rings (SSSR count). The van der Waals surface area contributed by atoms with E-state index >= 15 is 0 Å². The third kappa shape index (κ3) is 4.50. The standard InChI is InChI=1S/C18H15F3N2O4S/c19-18(20,21)14-9-15(24)22-12-5-1-2-6-13(12)23(14)16(25)10-27-17(26)8-11-4-3-7-28-11/h1-7,14H,8-10H2,(H,22,24). The summed E-state index contributed by atoms with van der Waals surface area (Å²) < 4.78 is 45.6. The van der Waals surface area contributed by atoms with Gasteiger partial charge in [-0.15, -0.1) is 11.3 Å². The number of fused-ring (bicyclic) bond motifs is 1. The average Bonchev–Trinajstić information content (AvgIpc) is 3.07. The zero-order chi connectivity index (χ0) is 20.3. The number of rotatable bonds is 4. The predicted octanol–water partition coefficient (Wildman–Crippen LogP) is 3.14. The summed E-state index contributed by atoms with van der Waals surface area (Å²) in [4.78, 5) is 37.5. The summed E-state index contributed by atoms with van der Waals surface area (Å²) in [5.74, 6) is -2.65. The molecule has 0 fully saturated rings. The molecule has 1 aliphatic heterocycles. The van der Waals surface area contributed by atoms with Crippen LogP contribution >= 0.6 is 11.3 Å². The van der Waals surface area contributed by atoms with Crippen molar-refractivity contribution < 1.29 is 32.3 Å². The normalized spacial score (nSPS) is 16.8. The summed E-state index contributed by atoms with van der Waals surface area (Å²) in [5.41, 5.74) is -0.0208. The minimum absolute atomic E-state index is 0.0791. The second-order valence-corrected chi connectivity index (χ2v) is 7.04. The molecule has 148 valence electrons. The maximum atomic E-state index is 13.6. The smallest absolute Gasteiger partial charge is 0.409 e. The maximum Gasteiger partial charge on any atom is 0.409 e. The molecule has 28 heavy (non-hydrogen) atoms. The fourth-order valence-electron chi connectivity index (χ4n) is 2.81. The SMILES string of the molecule is O=C1CC(C(F)(F)F)N(C(=O)COC(=O)Cc2cccs2)c2ccccc2N1. The number of hydrogen-bond acceptors (Lipinski definition) is 5. The molecule has 0 spiro atoms. The number of esters is 1. The van der Waals surface area contributed by atoms with E-state index in [1.165, 1.54) is 35.6 Å². The van der Waals surface area contributed by atoms with Gasteiger partial charge in [0, 0.05) is 4.88 Å². The van der Waals surface area contributed by atoms with Gasteiger partial charge in [0.15, 0.2) is 6.61 Å². The molecular formula is C18H15F3N2O4S. The van der Waals surface area contributed by atoms with Crippen LogP contribution in [-0.4, -0.2) is 36.6 Å². The third-order valence-electron chi connectivity index (χ3n) is 4.03. The number of nitrogens with zero attached hydrogens (tertiary/aromatic N) is 1. The van der Waals surface area contributed by atoms with E-state index in [4.69, 9.17) is 4.74 Å². The molecule has 0 saturated heterocycles. The molecule has 1 atom stereocenters. The fraction of sp³-hybridized carbons (Fsp3) is 0.278. The van der Waals surface area contributed by atoms with Gasteiger partial charge in [-0.05, 0) is 23.6 Å². The van der Waals surface area contributed by atoms with E-state index in [0.29, 0.717) is 9.78 Å². The molecule has 1 aromatic carbocycles. The largest absolute Gasteiger partial charge is 0.455 e. The van der Waals surface area contributed by atoms with Crippen LogP contribution in [0.2, 0.25) is 0 Å². The van der Waals surface area contributed by atoms with E-state index < -0.39 is 43.0 Å². The lowest BCUT2D eigenvalue weighted by Crippen LogP contribution is -2.51. The Balaban J connectivity index is 1.81. The van der Waals surface area contributed by atoms with Crippen LogP contribution in [0.25, 0.3) is 0 Å². The van der Waals surface area contributed by atoms with E-state index in [0.717, 1.165) is 0 Å². The molecule has 2 amide bonds. The minimum atomic E-state index is -4.84. The first-order chi connectivity index (χ1) is 13.3. The van der Waals surface area contributed by atoms with Crippen molar-refractivity contribution in [2.24, 2.45) is 0 Å². The molecule has 0 bridgehead atoms. The van der Waals surface area contributed by atoms with E-state index in [2.05, 4.69) is 5.32 Å². The molecule has 0 saturated carbocycles. The summed E-state index contributed by atoms with van der Waals surface area (Å²) in [6, 6.07) is 6.75. The van der Waals surface area contributed by atoms with Crippen LogP contribution in [0.4, 0.5) is 24.5 Å². The van der Waals surface area contributed by atoms with Crippen molar-refractivity contribution in [1.82, 2.24) is 0 Å². The van der Waals surface area contributed by atoms with Gasteiger partial charge in [0.25, 0.3) is 5.91 Å². The number of para-hydroxylation sites is 2. The first-order valence-electron chi connectivity index (χ1n) is 8.21. The van der Waals surface area contributed by atoms with Gasteiger partial charge >= 0.3 is 12.1 Å². The summed E-state index contributed by atoms with van der Waals surface area (Å²) >= 11 is 1.32. The Morgan fingerprint density at radius 3 is 2.64 bits per heavy atom. The van der Waals surface area contributed by atoms with E-state index in [9.17, 15) is 27.6 Å². The maximum absolute atomic E-state index is 13.6. The highest BCUT2D eigenvalue weighted by Crippen LogP contribution is 2.37. The third-order valence-corrected chi connectivity index (χ3v) is 4.91. The highest BCUT2D eigenvalue weighted by atomic mass is 32.1. The Labute approximate surface area is 161 Å². The molecule has 0 aliphatic carbocycles. The number of nitrogens with one attached hydrogen (secondary N) is 1. The fourth-order valence-corrected chi connectivity index (χ4v) is 3.50. The predicted molar refractivity (Wildman–Crippen MR) is 96.0 cm³/mol. The molecule has 10 heteroatoms. The van der Waals surface area contributed by atoms with Crippen molar-refractivity contribution >= 4 is 40.5 Å². The van der Waals surface area contributed by atoms with Gasteiger partial charge in [-0.25, -0.2) is 0 Å². The molecule has 2 heterocycles. The van der Waals surface area contributed by atoms with Gasteiger partial charge in [0.05, 0.1) is 24.2 Å². The molecule has 6 nitrogen and oxygen atoms in total. The zero-order valence-electron chi connectivity index (χ0n) is 14.4. The van der Waals surface area contributed by atoms with Gasteiger partial charge in [0.2, 0.25) is 5.91 Å². The van der Waals surface area contributed by atoms with Crippen LogP contribution < -0.4 is 10.2 Å². The van der Waals surface area contributed by atoms with Crippen molar-refractivity contribution in [2.75, 3.05) is 16.8 Å². The minimum Gasteiger partial charge on any atom is -0.455 e.